The topological polar surface area (TPSA) is 84.8 Å². The summed E-state index contributed by atoms with van der Waals surface area (Å²) in [5.74, 6) is 6.13. The second kappa shape index (κ2) is 6.77. The molecule has 0 aromatic carbocycles. The van der Waals surface area contributed by atoms with Gasteiger partial charge in [-0.3, -0.25) is 4.79 Å². The minimum Gasteiger partial charge on any atom is -0.403 e. The molecule has 2 heterocycles. The minimum atomic E-state index is 0.213. The molecular formula is C13H24N4O2. The summed E-state index contributed by atoms with van der Waals surface area (Å²) in [5.41, 5.74) is 6.34. The van der Waals surface area contributed by atoms with Gasteiger partial charge in [-0.1, -0.05) is 0 Å². The predicted molar refractivity (Wildman–Crippen MR) is 72.6 cm³/mol. The highest BCUT2D eigenvalue weighted by Gasteiger charge is 2.27. The first-order valence-electron chi connectivity index (χ1n) is 7.02. The standard InChI is InChI=1S/C13H24N4O2/c14-8-12-10-19-9-11-4-1-2-6-16(11)13(18)5-3-7-17(12)15/h8,11H,1-7,9-10,14-15H2/b12-8-. The van der Waals surface area contributed by atoms with E-state index in [1.54, 1.807) is 5.01 Å². The Morgan fingerprint density at radius 1 is 1.26 bits per heavy atom. The number of hydrogen-bond acceptors (Lipinski definition) is 5. The summed E-state index contributed by atoms with van der Waals surface area (Å²) in [6.45, 7) is 2.46. The Bertz CT molecular complexity index is 346. The van der Waals surface area contributed by atoms with E-state index in [1.807, 2.05) is 4.90 Å². The number of carbonyl (C=O) groups is 1. The summed E-state index contributed by atoms with van der Waals surface area (Å²) in [6.07, 6.45) is 6.07. The Morgan fingerprint density at radius 3 is 2.89 bits per heavy atom. The van der Waals surface area contributed by atoms with Crippen LogP contribution in [-0.2, 0) is 9.53 Å². The van der Waals surface area contributed by atoms with Crippen LogP contribution in [0.4, 0.5) is 0 Å². The highest BCUT2D eigenvalue weighted by Crippen LogP contribution is 2.19. The van der Waals surface area contributed by atoms with Crippen LogP contribution in [0.3, 0.4) is 0 Å². The third-order valence-electron chi connectivity index (χ3n) is 3.86. The summed E-state index contributed by atoms with van der Waals surface area (Å²) < 4.78 is 5.69. The maximum absolute atomic E-state index is 12.2. The number of piperidine rings is 1. The molecule has 0 spiro atoms. The van der Waals surface area contributed by atoms with Crippen LogP contribution in [0.1, 0.15) is 32.1 Å². The number of amides is 1. The van der Waals surface area contributed by atoms with Crippen molar-refractivity contribution in [3.63, 3.8) is 0 Å². The van der Waals surface area contributed by atoms with Crippen molar-refractivity contribution < 1.29 is 9.53 Å². The normalized spacial score (nSPS) is 29.0. The van der Waals surface area contributed by atoms with E-state index in [9.17, 15) is 4.79 Å². The van der Waals surface area contributed by atoms with Crippen molar-refractivity contribution in [1.29, 1.82) is 0 Å². The smallest absolute Gasteiger partial charge is 0.222 e. The summed E-state index contributed by atoms with van der Waals surface area (Å²) in [6, 6.07) is 0.213. The lowest BCUT2D eigenvalue weighted by atomic mass is 10.0. The van der Waals surface area contributed by atoms with Gasteiger partial charge in [0.25, 0.3) is 0 Å². The van der Waals surface area contributed by atoms with Gasteiger partial charge in [0.15, 0.2) is 0 Å². The van der Waals surface area contributed by atoms with E-state index in [2.05, 4.69) is 0 Å². The van der Waals surface area contributed by atoms with Gasteiger partial charge in [0.1, 0.15) is 0 Å². The van der Waals surface area contributed by atoms with Gasteiger partial charge in [0.2, 0.25) is 5.91 Å². The van der Waals surface area contributed by atoms with E-state index in [1.165, 1.54) is 12.6 Å². The minimum absolute atomic E-state index is 0.213. The van der Waals surface area contributed by atoms with E-state index >= 15 is 0 Å². The van der Waals surface area contributed by atoms with Crippen molar-refractivity contribution in [1.82, 2.24) is 9.91 Å². The van der Waals surface area contributed by atoms with Crippen LogP contribution in [0.5, 0.6) is 0 Å². The molecule has 2 rings (SSSR count). The number of ether oxygens (including phenoxy) is 1. The van der Waals surface area contributed by atoms with Crippen molar-refractivity contribution in [2.45, 2.75) is 38.1 Å². The Kier molecular flexibility index (Phi) is 5.04. The highest BCUT2D eigenvalue weighted by atomic mass is 16.5. The van der Waals surface area contributed by atoms with Gasteiger partial charge >= 0.3 is 0 Å². The van der Waals surface area contributed by atoms with Crippen molar-refractivity contribution >= 4 is 5.91 Å². The van der Waals surface area contributed by atoms with Gasteiger partial charge < -0.3 is 20.4 Å². The van der Waals surface area contributed by atoms with E-state index < -0.39 is 0 Å². The van der Waals surface area contributed by atoms with E-state index in [-0.39, 0.29) is 11.9 Å². The third-order valence-corrected chi connectivity index (χ3v) is 3.86. The van der Waals surface area contributed by atoms with Crippen LogP contribution in [0.2, 0.25) is 0 Å². The quantitative estimate of drug-likeness (QED) is 0.611. The van der Waals surface area contributed by atoms with E-state index in [0.717, 1.165) is 31.5 Å². The first kappa shape index (κ1) is 14.1. The first-order valence-corrected chi connectivity index (χ1v) is 7.02. The Balaban J connectivity index is 2.04. The van der Waals surface area contributed by atoms with Crippen LogP contribution < -0.4 is 11.6 Å². The zero-order valence-electron chi connectivity index (χ0n) is 11.4. The molecule has 1 atom stereocenters. The molecule has 19 heavy (non-hydrogen) atoms. The van der Waals surface area contributed by atoms with Crippen molar-refractivity contribution in [3.8, 4) is 0 Å². The fourth-order valence-electron chi connectivity index (χ4n) is 2.72. The summed E-state index contributed by atoms with van der Waals surface area (Å²) >= 11 is 0. The lowest BCUT2D eigenvalue weighted by Gasteiger charge is -2.35. The molecule has 1 unspecified atom stereocenters. The maximum Gasteiger partial charge on any atom is 0.222 e. The van der Waals surface area contributed by atoms with E-state index in [0.29, 0.717) is 26.2 Å². The number of nitrogens with zero attached hydrogens (tertiary/aromatic N) is 2. The molecule has 4 N–H and O–H groups in total. The van der Waals surface area contributed by atoms with Crippen LogP contribution in [0.15, 0.2) is 11.9 Å². The van der Waals surface area contributed by atoms with Gasteiger partial charge in [-0.2, -0.15) is 0 Å². The molecule has 2 aliphatic heterocycles. The number of rotatable bonds is 0. The van der Waals surface area contributed by atoms with Gasteiger partial charge in [-0.05, 0) is 25.7 Å². The van der Waals surface area contributed by atoms with E-state index in [4.69, 9.17) is 16.3 Å². The number of nitrogens with two attached hydrogens (primary N) is 2. The molecule has 2 aliphatic rings. The molecule has 2 saturated heterocycles. The number of hydrazine groups is 1. The lowest BCUT2D eigenvalue weighted by molar-refractivity contribution is -0.136. The fraction of sp³-hybridized carbons (Fsp3) is 0.769. The molecule has 0 aromatic heterocycles. The zero-order chi connectivity index (χ0) is 13.7. The van der Waals surface area contributed by atoms with Crippen LogP contribution >= 0.6 is 0 Å². The molecule has 1 amide bonds. The molecule has 0 aromatic rings. The lowest BCUT2D eigenvalue weighted by Crippen LogP contribution is -2.46. The molecule has 0 saturated carbocycles. The Hall–Kier alpha value is -1.27. The third kappa shape index (κ3) is 3.61. The first-order chi connectivity index (χ1) is 9.22. The Labute approximate surface area is 114 Å². The molecule has 0 bridgehead atoms. The molecule has 6 nitrogen and oxygen atoms in total. The van der Waals surface area contributed by atoms with Crippen molar-refractivity contribution in [2.75, 3.05) is 26.3 Å². The average molecular weight is 268 g/mol. The SMILES string of the molecule is N/C=C1/COCC2CCCCN2C(=O)CCCN1N. The highest BCUT2D eigenvalue weighted by molar-refractivity contribution is 5.76. The zero-order valence-corrected chi connectivity index (χ0v) is 11.4. The van der Waals surface area contributed by atoms with Crippen LogP contribution in [0, 0.1) is 0 Å². The molecule has 0 aliphatic carbocycles. The van der Waals surface area contributed by atoms with Crippen LogP contribution in [0.25, 0.3) is 0 Å². The molecule has 2 fully saturated rings. The maximum atomic E-state index is 12.2. The number of carbonyl (C=O) groups excluding carboxylic acids is 1. The van der Waals surface area contributed by atoms with Crippen molar-refractivity contribution in [3.05, 3.63) is 11.9 Å². The molecule has 0 radical (unpaired) electrons. The number of hydrogen-bond donors (Lipinski definition) is 2. The van der Waals surface area contributed by atoms with Gasteiger partial charge in [0.05, 0.1) is 25.0 Å². The van der Waals surface area contributed by atoms with Crippen LogP contribution in [-0.4, -0.2) is 48.2 Å². The summed E-state index contributed by atoms with van der Waals surface area (Å²) in [5, 5.41) is 1.58. The second-order valence-corrected chi connectivity index (χ2v) is 5.21. The Morgan fingerprint density at radius 2 is 2.11 bits per heavy atom. The fourth-order valence-corrected chi connectivity index (χ4v) is 2.72. The molecule has 6 heteroatoms. The molecule has 108 valence electrons. The predicted octanol–water partition coefficient (Wildman–Crippen LogP) is 0.154. The second-order valence-electron chi connectivity index (χ2n) is 5.21. The monoisotopic (exact) mass is 268 g/mol. The average Bonchev–Trinajstić information content (AvgIpc) is 2.45. The summed E-state index contributed by atoms with van der Waals surface area (Å²) in [7, 11) is 0. The number of fused-ring (bicyclic) bond motifs is 1. The summed E-state index contributed by atoms with van der Waals surface area (Å²) in [4.78, 5) is 14.2. The largest absolute Gasteiger partial charge is 0.403 e. The van der Waals surface area contributed by atoms with Gasteiger partial charge in [-0.15, -0.1) is 0 Å². The van der Waals surface area contributed by atoms with Crippen molar-refractivity contribution in [2.24, 2.45) is 11.6 Å². The van der Waals surface area contributed by atoms with Gasteiger partial charge in [0, 0.05) is 25.7 Å². The van der Waals surface area contributed by atoms with Gasteiger partial charge in [-0.25, -0.2) is 5.84 Å². The molecular weight excluding hydrogens is 244 g/mol.